The minimum atomic E-state index is -0.236. The summed E-state index contributed by atoms with van der Waals surface area (Å²) in [5, 5.41) is 9.83. The van der Waals surface area contributed by atoms with E-state index in [4.69, 9.17) is 9.52 Å². The molecule has 2 rings (SSSR count). The molecule has 4 nitrogen and oxygen atoms in total. The number of hydrogen-bond donors (Lipinski definition) is 1. The van der Waals surface area contributed by atoms with Crippen molar-refractivity contribution in [2.75, 3.05) is 19.7 Å². The van der Waals surface area contributed by atoms with Crippen molar-refractivity contribution in [3.8, 4) is 0 Å². The summed E-state index contributed by atoms with van der Waals surface area (Å²) in [5.74, 6) is 0.0478. The van der Waals surface area contributed by atoms with Crippen molar-refractivity contribution in [3.05, 3.63) is 48.7 Å². The van der Waals surface area contributed by atoms with Crippen LogP contribution in [0.1, 0.15) is 10.6 Å². The van der Waals surface area contributed by atoms with Gasteiger partial charge in [0.05, 0.1) is 6.61 Å². The van der Waals surface area contributed by atoms with E-state index in [9.17, 15) is 4.79 Å². The van der Waals surface area contributed by atoms with E-state index in [1.807, 2.05) is 24.3 Å². The molecule has 1 N–H and O–H groups in total. The monoisotopic (exact) mass is 245 g/mol. The van der Waals surface area contributed by atoms with Gasteiger partial charge in [-0.25, -0.2) is 0 Å². The predicted octanol–water partition coefficient (Wildman–Crippen LogP) is 2.05. The molecule has 1 amide bonds. The minimum Gasteiger partial charge on any atom is -0.451 e. The number of benzene rings is 1. The maximum atomic E-state index is 12.2. The fourth-order valence-electron chi connectivity index (χ4n) is 1.80. The average Bonchev–Trinajstić information content (AvgIpc) is 2.81. The number of furan rings is 1. The number of carbonyl (C=O) groups is 1. The van der Waals surface area contributed by atoms with E-state index in [2.05, 4.69) is 6.58 Å². The number of para-hydroxylation sites is 1. The summed E-state index contributed by atoms with van der Waals surface area (Å²) in [5.41, 5.74) is 0.684. The largest absolute Gasteiger partial charge is 0.451 e. The Morgan fingerprint density at radius 3 is 2.89 bits per heavy atom. The molecule has 0 unspecified atom stereocenters. The molecule has 4 heteroatoms. The lowest BCUT2D eigenvalue weighted by Gasteiger charge is -2.18. The molecule has 0 aliphatic rings. The van der Waals surface area contributed by atoms with Crippen LogP contribution in [0.15, 0.2) is 47.4 Å². The van der Waals surface area contributed by atoms with Gasteiger partial charge in [0, 0.05) is 18.5 Å². The van der Waals surface area contributed by atoms with Crippen molar-refractivity contribution in [3.63, 3.8) is 0 Å². The molecule has 18 heavy (non-hydrogen) atoms. The highest BCUT2D eigenvalue weighted by Gasteiger charge is 2.18. The molecule has 0 aliphatic carbocycles. The lowest BCUT2D eigenvalue weighted by molar-refractivity contribution is 0.0713. The molecule has 1 aromatic carbocycles. The Hall–Kier alpha value is -2.07. The first-order valence-electron chi connectivity index (χ1n) is 5.76. The molecule has 94 valence electrons. The summed E-state index contributed by atoms with van der Waals surface area (Å²) in [6, 6.07) is 9.16. The van der Waals surface area contributed by atoms with Crippen molar-refractivity contribution in [1.82, 2.24) is 4.90 Å². The predicted molar refractivity (Wildman–Crippen MR) is 69.4 cm³/mol. The Bertz CT molecular complexity index is 526. The van der Waals surface area contributed by atoms with Gasteiger partial charge in [0.2, 0.25) is 0 Å². The topological polar surface area (TPSA) is 53.7 Å². The third kappa shape index (κ3) is 2.43. The standard InChI is InChI=1S/C14H15NO3/c1-2-7-15(8-9-16)14(17)13-10-11-5-3-4-6-12(11)18-13/h2-6,10,16H,1,7-9H2. The number of hydrogen-bond acceptors (Lipinski definition) is 3. The SMILES string of the molecule is C=CCN(CCO)C(=O)c1cc2ccccc2o1. The van der Waals surface area contributed by atoms with Crippen molar-refractivity contribution >= 4 is 16.9 Å². The molecule has 1 heterocycles. The van der Waals surface area contributed by atoms with E-state index >= 15 is 0 Å². The Kier molecular flexibility index (Phi) is 3.79. The second-order valence-electron chi connectivity index (χ2n) is 3.91. The van der Waals surface area contributed by atoms with Crippen LogP contribution in [0.4, 0.5) is 0 Å². The molecular weight excluding hydrogens is 230 g/mol. The van der Waals surface area contributed by atoms with Gasteiger partial charge in [-0.05, 0) is 12.1 Å². The van der Waals surface area contributed by atoms with Gasteiger partial charge in [0.1, 0.15) is 5.58 Å². The van der Waals surface area contributed by atoms with Crippen molar-refractivity contribution in [1.29, 1.82) is 0 Å². The van der Waals surface area contributed by atoms with Crippen molar-refractivity contribution in [2.45, 2.75) is 0 Å². The fourth-order valence-corrected chi connectivity index (χ4v) is 1.80. The number of carbonyl (C=O) groups excluding carboxylic acids is 1. The van der Waals surface area contributed by atoms with Gasteiger partial charge in [-0.3, -0.25) is 4.79 Å². The number of amides is 1. The lowest BCUT2D eigenvalue weighted by Crippen LogP contribution is -2.33. The van der Waals surface area contributed by atoms with Gasteiger partial charge >= 0.3 is 0 Å². The van der Waals surface area contributed by atoms with Gasteiger partial charge in [-0.15, -0.1) is 6.58 Å². The van der Waals surface area contributed by atoms with Gasteiger partial charge in [0.25, 0.3) is 5.91 Å². The van der Waals surface area contributed by atoms with Crippen molar-refractivity contribution < 1.29 is 14.3 Å². The zero-order chi connectivity index (χ0) is 13.0. The highest BCUT2D eigenvalue weighted by Crippen LogP contribution is 2.19. The van der Waals surface area contributed by atoms with Crippen LogP contribution in [0.5, 0.6) is 0 Å². The first kappa shape index (κ1) is 12.4. The molecule has 0 spiro atoms. The first-order chi connectivity index (χ1) is 8.76. The van der Waals surface area contributed by atoms with Crippen LogP contribution in [0.2, 0.25) is 0 Å². The van der Waals surface area contributed by atoms with E-state index in [0.29, 0.717) is 12.1 Å². The van der Waals surface area contributed by atoms with E-state index in [1.165, 1.54) is 4.90 Å². The number of fused-ring (bicyclic) bond motifs is 1. The Labute approximate surface area is 105 Å². The van der Waals surface area contributed by atoms with E-state index in [-0.39, 0.29) is 24.8 Å². The molecule has 1 aromatic heterocycles. The zero-order valence-corrected chi connectivity index (χ0v) is 10.0. The van der Waals surface area contributed by atoms with E-state index < -0.39 is 0 Å². The summed E-state index contributed by atoms with van der Waals surface area (Å²) >= 11 is 0. The molecule has 0 bridgehead atoms. The third-order valence-corrected chi connectivity index (χ3v) is 2.64. The Morgan fingerprint density at radius 1 is 1.44 bits per heavy atom. The second-order valence-corrected chi connectivity index (χ2v) is 3.91. The quantitative estimate of drug-likeness (QED) is 0.820. The molecule has 0 atom stereocenters. The first-order valence-corrected chi connectivity index (χ1v) is 5.76. The summed E-state index contributed by atoms with van der Waals surface area (Å²) in [6.45, 7) is 4.16. The summed E-state index contributed by atoms with van der Waals surface area (Å²) in [6.07, 6.45) is 1.62. The molecule has 0 radical (unpaired) electrons. The van der Waals surface area contributed by atoms with Gasteiger partial charge in [-0.2, -0.15) is 0 Å². The smallest absolute Gasteiger partial charge is 0.289 e. The van der Waals surface area contributed by atoms with Crippen LogP contribution in [-0.2, 0) is 0 Å². The maximum Gasteiger partial charge on any atom is 0.289 e. The molecule has 2 aromatic rings. The molecule has 0 saturated carbocycles. The average molecular weight is 245 g/mol. The van der Waals surface area contributed by atoms with Gasteiger partial charge < -0.3 is 14.4 Å². The molecule has 0 fully saturated rings. The Balaban J connectivity index is 2.28. The summed E-state index contributed by atoms with van der Waals surface area (Å²) < 4.78 is 5.50. The number of aliphatic hydroxyl groups is 1. The van der Waals surface area contributed by atoms with E-state index in [1.54, 1.807) is 12.1 Å². The molecule has 0 saturated heterocycles. The number of aliphatic hydroxyl groups excluding tert-OH is 1. The third-order valence-electron chi connectivity index (χ3n) is 2.64. The van der Waals surface area contributed by atoms with Gasteiger partial charge in [0.15, 0.2) is 5.76 Å². The fraction of sp³-hybridized carbons (Fsp3) is 0.214. The highest BCUT2D eigenvalue weighted by molar-refractivity contribution is 5.96. The van der Waals surface area contributed by atoms with Crippen LogP contribution < -0.4 is 0 Å². The maximum absolute atomic E-state index is 12.2. The van der Waals surface area contributed by atoms with Crippen LogP contribution >= 0.6 is 0 Å². The minimum absolute atomic E-state index is 0.0835. The van der Waals surface area contributed by atoms with Crippen molar-refractivity contribution in [2.24, 2.45) is 0 Å². The Morgan fingerprint density at radius 2 is 2.22 bits per heavy atom. The highest BCUT2D eigenvalue weighted by atomic mass is 16.3. The lowest BCUT2D eigenvalue weighted by atomic mass is 10.2. The number of rotatable bonds is 5. The zero-order valence-electron chi connectivity index (χ0n) is 10.0. The number of nitrogens with zero attached hydrogens (tertiary/aromatic N) is 1. The van der Waals surface area contributed by atoms with E-state index in [0.717, 1.165) is 5.39 Å². The van der Waals surface area contributed by atoms with Gasteiger partial charge in [-0.1, -0.05) is 24.3 Å². The van der Waals surface area contributed by atoms with Crippen LogP contribution in [-0.4, -0.2) is 35.6 Å². The molecule has 0 aliphatic heterocycles. The van der Waals surface area contributed by atoms with Crippen LogP contribution in [0.25, 0.3) is 11.0 Å². The summed E-state index contributed by atoms with van der Waals surface area (Å²) in [7, 11) is 0. The normalized spacial score (nSPS) is 10.5. The molecular formula is C14H15NO3. The van der Waals surface area contributed by atoms with Crippen LogP contribution in [0.3, 0.4) is 0 Å². The summed E-state index contributed by atoms with van der Waals surface area (Å²) in [4.78, 5) is 13.7. The second kappa shape index (κ2) is 5.51. The van der Waals surface area contributed by atoms with Crippen LogP contribution in [0, 0.1) is 0 Å².